The summed E-state index contributed by atoms with van der Waals surface area (Å²) in [6.45, 7) is 0. The van der Waals surface area contributed by atoms with Gasteiger partial charge in [0.05, 0.1) is 0 Å². The van der Waals surface area contributed by atoms with Crippen molar-refractivity contribution >= 4 is 18.0 Å². The second kappa shape index (κ2) is 11.0. The van der Waals surface area contributed by atoms with Crippen LogP contribution in [0.4, 0.5) is 0 Å². The molecule has 0 fully saturated rings. The number of hydrogen-bond acceptors (Lipinski definition) is 1. The van der Waals surface area contributed by atoms with Crippen LogP contribution >= 0.6 is 0 Å². The fraction of sp³-hybridized carbons (Fsp3) is 0. The first kappa shape index (κ1) is 16.1. The molecule has 4 heteroatoms. The second-order valence-corrected chi connectivity index (χ2v) is 1.02. The van der Waals surface area contributed by atoms with E-state index in [2.05, 4.69) is 4.98 Å². The van der Waals surface area contributed by atoms with Crippen molar-refractivity contribution in [3.8, 4) is 0 Å². The van der Waals surface area contributed by atoms with Crippen LogP contribution < -0.4 is 0 Å². The van der Waals surface area contributed by atoms with Crippen molar-refractivity contribution < 1.29 is 22.5 Å². The van der Waals surface area contributed by atoms with Crippen LogP contribution in [-0.2, 0) is 17.1 Å². The van der Waals surface area contributed by atoms with Gasteiger partial charge in [-0.3, -0.25) is 4.98 Å². The number of aromatic nitrogens is 1. The minimum absolute atomic E-state index is 0. The Bertz CT molecular complexity index is 88.9. The van der Waals surface area contributed by atoms with E-state index in [0.29, 0.717) is 0 Å². The molecule has 57 valence electrons. The summed E-state index contributed by atoms with van der Waals surface area (Å²) in [5, 5.41) is 0. The largest absolute Gasteiger partial charge is 0.265 e. The molecule has 2 N–H and O–H groups in total. The van der Waals surface area contributed by atoms with Crippen molar-refractivity contribution in [2.24, 2.45) is 0 Å². The molecule has 0 bridgehead atoms. The summed E-state index contributed by atoms with van der Waals surface area (Å²) in [6, 6.07) is 5.72. The van der Waals surface area contributed by atoms with Crippen LogP contribution in [0.5, 0.6) is 0 Å². The third-order valence-corrected chi connectivity index (χ3v) is 0.566. The first-order chi connectivity index (χ1) is 3.00. The first-order valence-corrected chi connectivity index (χ1v) is 1.85. The maximum atomic E-state index is 3.78. The van der Waals surface area contributed by atoms with Crippen LogP contribution in [0.1, 0.15) is 0 Å². The summed E-state index contributed by atoms with van der Waals surface area (Å²) in [5.41, 5.74) is 0. The minimum Gasteiger partial charge on any atom is -0.265 e. The molecule has 1 unspecified atom stereocenters. The number of hydrogen-bond donors (Lipinski definition) is 0. The van der Waals surface area contributed by atoms with E-state index in [1.807, 2.05) is 18.2 Å². The smallest absolute Gasteiger partial charge is 0.0267 e. The Kier molecular flexibility index (Phi) is 19.7. The Hall–Kier alpha value is 0.188. The number of rotatable bonds is 0. The monoisotopic (exact) mass is 238 g/mol. The summed E-state index contributed by atoms with van der Waals surface area (Å²) < 4.78 is 0. The zero-order chi connectivity index (χ0) is 4.24. The van der Waals surface area contributed by atoms with Crippen LogP contribution in [0, 0.1) is 0 Å². The SMILES string of the molecule is O.[AsH3].[Cu].c1ccncc1. The molecule has 0 spiro atoms. The van der Waals surface area contributed by atoms with Crippen LogP contribution in [0.25, 0.3) is 0 Å². The fourth-order valence-corrected chi connectivity index (χ4v) is 0.313. The molecule has 1 aromatic rings. The predicted molar refractivity (Wildman–Crippen MR) is 37.8 cm³/mol. The van der Waals surface area contributed by atoms with Gasteiger partial charge in [-0.1, -0.05) is 6.07 Å². The minimum atomic E-state index is 0. The molecule has 0 aromatic carbocycles. The van der Waals surface area contributed by atoms with Gasteiger partial charge in [0.15, 0.2) is 0 Å². The zero-order valence-electron chi connectivity index (χ0n) is 4.84. The fourth-order valence-electron chi connectivity index (χ4n) is 0.313. The molecule has 1 radical (unpaired) electrons. The maximum Gasteiger partial charge on any atom is 0.0267 e. The van der Waals surface area contributed by atoms with Crippen LogP contribution in [-0.4, -0.2) is 28.4 Å². The maximum absolute atomic E-state index is 3.78. The van der Waals surface area contributed by atoms with Gasteiger partial charge < -0.3 is 5.48 Å². The van der Waals surface area contributed by atoms with Gasteiger partial charge >= 0.3 is 18.0 Å². The summed E-state index contributed by atoms with van der Waals surface area (Å²) in [5.74, 6) is 0. The molecule has 0 saturated heterocycles. The van der Waals surface area contributed by atoms with Crippen LogP contribution in [0.2, 0.25) is 0 Å². The van der Waals surface area contributed by atoms with E-state index in [1.165, 1.54) is 0 Å². The van der Waals surface area contributed by atoms with Gasteiger partial charge in [0, 0.05) is 29.5 Å². The van der Waals surface area contributed by atoms with Crippen molar-refractivity contribution in [2.75, 3.05) is 0 Å². The van der Waals surface area contributed by atoms with E-state index in [4.69, 9.17) is 0 Å². The average Bonchev–Trinajstić information content (AvgIpc) is 1.72. The van der Waals surface area contributed by atoms with Crippen molar-refractivity contribution in [1.82, 2.24) is 4.98 Å². The molecule has 9 heavy (non-hydrogen) atoms. The van der Waals surface area contributed by atoms with Crippen molar-refractivity contribution in [3.63, 3.8) is 0 Å². The number of pyridine rings is 1. The van der Waals surface area contributed by atoms with Gasteiger partial charge in [-0.05, 0) is 12.1 Å². The van der Waals surface area contributed by atoms with Gasteiger partial charge in [-0.25, -0.2) is 0 Å². The Morgan fingerprint density at radius 3 is 1.44 bits per heavy atom. The summed E-state index contributed by atoms with van der Waals surface area (Å²) in [7, 11) is 0. The molecular weight excluding hydrogens is 229 g/mol. The van der Waals surface area contributed by atoms with E-state index in [0.717, 1.165) is 0 Å². The molecule has 0 aliphatic carbocycles. The van der Waals surface area contributed by atoms with Crippen LogP contribution in [0.3, 0.4) is 0 Å². The second-order valence-electron chi connectivity index (χ2n) is 1.02. The van der Waals surface area contributed by atoms with Gasteiger partial charge in [0.1, 0.15) is 0 Å². The molecule has 0 amide bonds. The van der Waals surface area contributed by atoms with E-state index in [-0.39, 0.29) is 40.5 Å². The van der Waals surface area contributed by atoms with Crippen molar-refractivity contribution in [3.05, 3.63) is 30.6 Å². The van der Waals surface area contributed by atoms with Gasteiger partial charge in [-0.2, -0.15) is 0 Å². The molecule has 0 saturated carbocycles. The Balaban J connectivity index is -0.000000120. The molecule has 2 nitrogen and oxygen atoms in total. The van der Waals surface area contributed by atoms with Crippen molar-refractivity contribution in [1.29, 1.82) is 0 Å². The summed E-state index contributed by atoms with van der Waals surface area (Å²) in [4.78, 5) is 3.78. The predicted octanol–water partition coefficient (Wildman–Crippen LogP) is -0.930. The number of nitrogens with zero attached hydrogens (tertiary/aromatic N) is 1. The molecule has 1 rings (SSSR count). The Morgan fingerprint density at radius 1 is 0.889 bits per heavy atom. The summed E-state index contributed by atoms with van der Waals surface area (Å²) in [6.07, 6.45) is 3.50. The topological polar surface area (TPSA) is 44.4 Å². The van der Waals surface area contributed by atoms with Gasteiger partial charge in [-0.15, -0.1) is 0 Å². The average molecular weight is 239 g/mol. The van der Waals surface area contributed by atoms with Crippen LogP contribution in [0.15, 0.2) is 30.6 Å². The first-order valence-electron chi connectivity index (χ1n) is 1.85. The quantitative estimate of drug-likeness (QED) is 0.539. The normalized spacial score (nSPS) is 5.33. The van der Waals surface area contributed by atoms with E-state index >= 15 is 0 Å². The third-order valence-electron chi connectivity index (χ3n) is 0.566. The molecular formula is C5H10AsCuNO. The Morgan fingerprint density at radius 2 is 1.33 bits per heavy atom. The molecule has 1 atom stereocenters. The van der Waals surface area contributed by atoms with Gasteiger partial charge in [0.25, 0.3) is 0 Å². The third kappa shape index (κ3) is 8.19. The standard InChI is InChI=1S/C5H5N.AsH3.Cu.H2O/c1-2-4-6-5-3-1;;;/h1-5H;1H3;;1H2. The van der Waals surface area contributed by atoms with E-state index in [9.17, 15) is 0 Å². The van der Waals surface area contributed by atoms with Crippen molar-refractivity contribution in [2.45, 2.75) is 0 Å². The molecule has 1 heterocycles. The van der Waals surface area contributed by atoms with Gasteiger partial charge in [0.2, 0.25) is 0 Å². The van der Waals surface area contributed by atoms with E-state index in [1.54, 1.807) is 12.4 Å². The zero-order valence-corrected chi connectivity index (χ0v) is 8.75. The Labute approximate surface area is 76.2 Å². The molecule has 0 aliphatic heterocycles. The summed E-state index contributed by atoms with van der Waals surface area (Å²) >= 11 is 0. The molecule has 0 aliphatic rings. The van der Waals surface area contributed by atoms with E-state index < -0.39 is 0 Å². The molecule has 1 aromatic heterocycles.